The predicted molar refractivity (Wildman–Crippen MR) is 67.0 cm³/mol. The Morgan fingerprint density at radius 2 is 1.93 bits per heavy atom. The molecule has 0 aliphatic heterocycles. The molecule has 0 amide bonds. The summed E-state index contributed by atoms with van der Waals surface area (Å²) in [6.07, 6.45) is 5.98. The van der Waals surface area contributed by atoms with Crippen LogP contribution in [0.3, 0.4) is 0 Å². The molecule has 0 fully saturated rings. The van der Waals surface area contributed by atoms with E-state index in [9.17, 15) is 5.11 Å². The van der Waals surface area contributed by atoms with Crippen LogP contribution in [-0.4, -0.2) is 23.8 Å². The van der Waals surface area contributed by atoms with E-state index in [0.717, 1.165) is 25.7 Å². The summed E-state index contributed by atoms with van der Waals surface area (Å²) in [5.74, 6) is 0.434. The van der Waals surface area contributed by atoms with Crippen LogP contribution in [0.4, 0.5) is 0 Å². The lowest BCUT2D eigenvalue weighted by molar-refractivity contribution is 0.0986. The van der Waals surface area contributed by atoms with E-state index in [4.69, 9.17) is 0 Å². The fourth-order valence-corrected chi connectivity index (χ4v) is 1.79. The third-order valence-electron chi connectivity index (χ3n) is 3.07. The van der Waals surface area contributed by atoms with Gasteiger partial charge in [0.05, 0.1) is 6.10 Å². The van der Waals surface area contributed by atoms with Gasteiger partial charge in [0.25, 0.3) is 0 Å². The van der Waals surface area contributed by atoms with Crippen molar-refractivity contribution in [1.29, 1.82) is 0 Å². The molecule has 15 heavy (non-hydrogen) atoms. The molecule has 0 saturated heterocycles. The fraction of sp³-hybridized carbons (Fsp3) is 0.846. The predicted octanol–water partition coefficient (Wildman–Crippen LogP) is 2.73. The highest BCUT2D eigenvalue weighted by Crippen LogP contribution is 2.12. The Balaban J connectivity index is 3.68. The monoisotopic (exact) mass is 213 g/mol. The number of aliphatic hydroxyl groups excluding tert-OH is 1. The summed E-state index contributed by atoms with van der Waals surface area (Å²) in [6.45, 7) is 10.8. The van der Waals surface area contributed by atoms with Gasteiger partial charge in [-0.15, -0.1) is 6.58 Å². The van der Waals surface area contributed by atoms with Crippen LogP contribution in [0.5, 0.6) is 0 Å². The van der Waals surface area contributed by atoms with E-state index >= 15 is 0 Å². The molecule has 2 N–H and O–H groups in total. The summed E-state index contributed by atoms with van der Waals surface area (Å²) in [5.41, 5.74) is 0. The first-order valence-corrected chi connectivity index (χ1v) is 6.17. The number of aliphatic hydroxyl groups is 1. The first kappa shape index (κ1) is 14.7. The molecule has 2 atom stereocenters. The van der Waals surface area contributed by atoms with E-state index in [-0.39, 0.29) is 6.10 Å². The molecule has 90 valence electrons. The van der Waals surface area contributed by atoms with Gasteiger partial charge in [0, 0.05) is 12.6 Å². The molecule has 0 rings (SSSR count). The summed E-state index contributed by atoms with van der Waals surface area (Å²) in [5, 5.41) is 13.3. The number of nitrogens with one attached hydrogen (secondary N) is 1. The minimum absolute atomic E-state index is 0.203. The number of hydrogen-bond acceptors (Lipinski definition) is 2. The lowest BCUT2D eigenvalue weighted by Gasteiger charge is -2.22. The molecular weight excluding hydrogens is 186 g/mol. The average molecular weight is 213 g/mol. The molecule has 0 aromatic heterocycles. The van der Waals surface area contributed by atoms with E-state index in [1.54, 1.807) is 0 Å². The number of allylic oxidation sites excluding steroid dienone is 1. The van der Waals surface area contributed by atoms with E-state index in [1.807, 2.05) is 6.08 Å². The normalized spacial score (nSPS) is 15.3. The largest absolute Gasteiger partial charge is 0.392 e. The number of hydrogen-bond donors (Lipinski definition) is 2. The Kier molecular flexibility index (Phi) is 8.73. The van der Waals surface area contributed by atoms with Crippen molar-refractivity contribution >= 4 is 0 Å². The van der Waals surface area contributed by atoms with Gasteiger partial charge < -0.3 is 10.4 Å². The molecule has 0 aromatic rings. The lowest BCUT2D eigenvalue weighted by atomic mass is 9.96. The topological polar surface area (TPSA) is 32.3 Å². The van der Waals surface area contributed by atoms with Crippen LogP contribution in [0.2, 0.25) is 0 Å². The molecule has 0 radical (unpaired) electrons. The fourth-order valence-electron chi connectivity index (χ4n) is 1.79. The molecule has 0 aliphatic rings. The SMILES string of the molecule is C=CCCC(C)NCC(O)C(CC)CC. The van der Waals surface area contributed by atoms with Crippen molar-refractivity contribution in [2.75, 3.05) is 6.54 Å². The van der Waals surface area contributed by atoms with Gasteiger partial charge in [-0.1, -0.05) is 32.8 Å². The third-order valence-corrected chi connectivity index (χ3v) is 3.07. The van der Waals surface area contributed by atoms with Crippen molar-refractivity contribution in [3.05, 3.63) is 12.7 Å². The van der Waals surface area contributed by atoms with Crippen LogP contribution in [0.1, 0.15) is 46.5 Å². The molecule has 2 heteroatoms. The Morgan fingerprint density at radius 3 is 2.40 bits per heavy atom. The van der Waals surface area contributed by atoms with E-state index in [1.165, 1.54) is 0 Å². The van der Waals surface area contributed by atoms with Crippen molar-refractivity contribution in [3.63, 3.8) is 0 Å². The van der Waals surface area contributed by atoms with Gasteiger partial charge in [0.1, 0.15) is 0 Å². The van der Waals surface area contributed by atoms with Crippen molar-refractivity contribution in [1.82, 2.24) is 5.32 Å². The first-order chi connectivity index (χ1) is 7.15. The first-order valence-electron chi connectivity index (χ1n) is 6.17. The van der Waals surface area contributed by atoms with E-state index < -0.39 is 0 Å². The Labute approximate surface area is 94.8 Å². The Bertz CT molecular complexity index is 155. The van der Waals surface area contributed by atoms with Crippen LogP contribution in [0.25, 0.3) is 0 Å². The van der Waals surface area contributed by atoms with Crippen molar-refractivity contribution in [2.24, 2.45) is 5.92 Å². The summed E-state index contributed by atoms with van der Waals surface area (Å²) in [7, 11) is 0. The van der Waals surface area contributed by atoms with Gasteiger partial charge >= 0.3 is 0 Å². The summed E-state index contributed by atoms with van der Waals surface area (Å²) >= 11 is 0. The molecule has 0 saturated carbocycles. The molecule has 2 unspecified atom stereocenters. The highest BCUT2D eigenvalue weighted by atomic mass is 16.3. The van der Waals surface area contributed by atoms with Crippen LogP contribution < -0.4 is 5.32 Å². The van der Waals surface area contributed by atoms with Crippen molar-refractivity contribution in [2.45, 2.75) is 58.6 Å². The van der Waals surface area contributed by atoms with Crippen LogP contribution in [-0.2, 0) is 0 Å². The summed E-state index contributed by atoms with van der Waals surface area (Å²) < 4.78 is 0. The van der Waals surface area contributed by atoms with Gasteiger partial charge in [-0.2, -0.15) is 0 Å². The second-order valence-corrected chi connectivity index (χ2v) is 4.32. The van der Waals surface area contributed by atoms with Gasteiger partial charge in [0.15, 0.2) is 0 Å². The standard InChI is InChI=1S/C13H27NO/c1-5-8-9-11(4)14-10-13(15)12(6-2)7-3/h5,11-15H,1,6-10H2,2-4H3. The van der Waals surface area contributed by atoms with Crippen LogP contribution in [0, 0.1) is 5.92 Å². The minimum Gasteiger partial charge on any atom is -0.392 e. The smallest absolute Gasteiger partial charge is 0.0692 e. The van der Waals surface area contributed by atoms with Gasteiger partial charge in [-0.05, 0) is 25.7 Å². The summed E-state index contributed by atoms with van der Waals surface area (Å²) in [6, 6.07) is 0.465. The highest BCUT2D eigenvalue weighted by molar-refractivity contribution is 4.74. The Morgan fingerprint density at radius 1 is 1.33 bits per heavy atom. The molecule has 0 aliphatic carbocycles. The van der Waals surface area contributed by atoms with Gasteiger partial charge in [-0.25, -0.2) is 0 Å². The average Bonchev–Trinajstić information content (AvgIpc) is 2.25. The molecule has 2 nitrogen and oxygen atoms in total. The molecular formula is C13H27NO. The quantitative estimate of drug-likeness (QED) is 0.577. The number of rotatable bonds is 9. The maximum atomic E-state index is 9.90. The highest BCUT2D eigenvalue weighted by Gasteiger charge is 2.15. The molecule has 0 bridgehead atoms. The van der Waals surface area contributed by atoms with Crippen molar-refractivity contribution < 1.29 is 5.11 Å². The third kappa shape index (κ3) is 6.69. The maximum Gasteiger partial charge on any atom is 0.0692 e. The Hall–Kier alpha value is -0.340. The molecule has 0 aromatic carbocycles. The molecule has 0 spiro atoms. The zero-order chi connectivity index (χ0) is 11.7. The van der Waals surface area contributed by atoms with Crippen LogP contribution in [0.15, 0.2) is 12.7 Å². The van der Waals surface area contributed by atoms with Gasteiger partial charge in [-0.3, -0.25) is 0 Å². The van der Waals surface area contributed by atoms with Crippen LogP contribution >= 0.6 is 0 Å². The second kappa shape index (κ2) is 8.93. The second-order valence-electron chi connectivity index (χ2n) is 4.32. The maximum absolute atomic E-state index is 9.90. The zero-order valence-corrected chi connectivity index (χ0v) is 10.5. The van der Waals surface area contributed by atoms with Gasteiger partial charge in [0.2, 0.25) is 0 Å². The van der Waals surface area contributed by atoms with Crippen molar-refractivity contribution in [3.8, 4) is 0 Å². The summed E-state index contributed by atoms with van der Waals surface area (Å²) in [4.78, 5) is 0. The lowest BCUT2D eigenvalue weighted by Crippen LogP contribution is -2.37. The van der Waals surface area contributed by atoms with E-state index in [2.05, 4.69) is 32.7 Å². The zero-order valence-electron chi connectivity index (χ0n) is 10.5. The van der Waals surface area contributed by atoms with E-state index in [0.29, 0.717) is 18.5 Å². The minimum atomic E-state index is -0.203. The molecule has 0 heterocycles.